The minimum atomic E-state index is 0.199. The number of aliphatic hydroxyl groups is 1. The van der Waals surface area contributed by atoms with E-state index in [1.807, 2.05) is 24.4 Å². The molecular weight excluding hydrogens is 244 g/mol. The lowest BCUT2D eigenvalue weighted by molar-refractivity contribution is 0.196. The largest absolute Gasteiger partial charge is 0.395 e. The zero-order chi connectivity index (χ0) is 12.8. The molecule has 4 heteroatoms. The van der Waals surface area contributed by atoms with Crippen LogP contribution in [0.15, 0.2) is 36.5 Å². The van der Waals surface area contributed by atoms with E-state index in [0.29, 0.717) is 6.54 Å². The Bertz CT molecular complexity index is 470. The van der Waals surface area contributed by atoms with Gasteiger partial charge in [-0.15, -0.1) is 11.3 Å². The molecule has 0 unspecified atom stereocenters. The molecule has 2 aromatic rings. The normalized spacial score (nSPS) is 11.1. The first-order chi connectivity index (χ1) is 8.83. The van der Waals surface area contributed by atoms with Crippen molar-refractivity contribution in [2.24, 2.45) is 0 Å². The third-order valence-corrected chi connectivity index (χ3v) is 3.87. The van der Waals surface area contributed by atoms with Crippen LogP contribution in [0.4, 0.5) is 0 Å². The van der Waals surface area contributed by atoms with Crippen molar-refractivity contribution in [2.45, 2.75) is 13.5 Å². The van der Waals surface area contributed by atoms with Gasteiger partial charge in [0.05, 0.1) is 18.0 Å². The Morgan fingerprint density at radius 1 is 1.28 bits per heavy atom. The number of aromatic nitrogens is 1. The summed E-state index contributed by atoms with van der Waals surface area (Å²) in [4.78, 5) is 7.85. The zero-order valence-electron chi connectivity index (χ0n) is 10.5. The number of rotatable bonds is 6. The second-order valence-corrected chi connectivity index (χ2v) is 5.19. The van der Waals surface area contributed by atoms with Gasteiger partial charge in [-0.3, -0.25) is 4.90 Å². The van der Waals surface area contributed by atoms with Crippen molar-refractivity contribution in [3.63, 3.8) is 0 Å². The highest BCUT2D eigenvalue weighted by Crippen LogP contribution is 2.26. The van der Waals surface area contributed by atoms with Crippen LogP contribution in [0.3, 0.4) is 0 Å². The van der Waals surface area contributed by atoms with Gasteiger partial charge in [-0.05, 0) is 12.1 Å². The number of likely N-dealkylation sites (N-methyl/N-ethyl adjacent to an activating group) is 1. The molecule has 0 aliphatic heterocycles. The topological polar surface area (TPSA) is 36.4 Å². The molecule has 0 aliphatic carbocycles. The fourth-order valence-corrected chi connectivity index (χ4v) is 2.77. The maximum atomic E-state index is 8.97. The summed E-state index contributed by atoms with van der Waals surface area (Å²) < 4.78 is 0. The van der Waals surface area contributed by atoms with Crippen molar-refractivity contribution in [3.05, 3.63) is 41.5 Å². The number of aliphatic hydroxyl groups excluding tert-OH is 1. The molecular formula is C14H18N2OS. The van der Waals surface area contributed by atoms with Gasteiger partial charge in [0.15, 0.2) is 0 Å². The van der Waals surface area contributed by atoms with Gasteiger partial charge in [0.25, 0.3) is 0 Å². The van der Waals surface area contributed by atoms with E-state index in [-0.39, 0.29) is 6.61 Å². The number of nitrogens with zero attached hydrogens (tertiary/aromatic N) is 2. The van der Waals surface area contributed by atoms with Gasteiger partial charge in [0, 0.05) is 12.7 Å². The second-order valence-electron chi connectivity index (χ2n) is 4.08. The molecule has 96 valence electrons. The molecule has 0 saturated carbocycles. The molecule has 18 heavy (non-hydrogen) atoms. The van der Waals surface area contributed by atoms with E-state index in [9.17, 15) is 0 Å². The Hall–Kier alpha value is -1.23. The van der Waals surface area contributed by atoms with Crippen LogP contribution >= 0.6 is 11.3 Å². The first kappa shape index (κ1) is 13.2. The minimum Gasteiger partial charge on any atom is -0.395 e. The van der Waals surface area contributed by atoms with Crippen LogP contribution in [0.5, 0.6) is 0 Å². The highest BCUT2D eigenvalue weighted by Gasteiger charge is 2.08. The molecule has 1 heterocycles. The average Bonchev–Trinajstić information content (AvgIpc) is 2.88. The van der Waals surface area contributed by atoms with Crippen LogP contribution in [0.2, 0.25) is 0 Å². The highest BCUT2D eigenvalue weighted by molar-refractivity contribution is 7.15. The summed E-state index contributed by atoms with van der Waals surface area (Å²) in [5.41, 5.74) is 1.21. The molecule has 1 N–H and O–H groups in total. The lowest BCUT2D eigenvalue weighted by Crippen LogP contribution is -2.25. The summed E-state index contributed by atoms with van der Waals surface area (Å²) in [6.45, 7) is 4.75. The summed E-state index contributed by atoms with van der Waals surface area (Å²) in [6, 6.07) is 10.3. The quantitative estimate of drug-likeness (QED) is 0.869. The summed E-state index contributed by atoms with van der Waals surface area (Å²) in [7, 11) is 0. The van der Waals surface area contributed by atoms with Crippen LogP contribution in [0.25, 0.3) is 10.4 Å². The molecule has 3 nitrogen and oxygen atoms in total. The first-order valence-electron chi connectivity index (χ1n) is 6.16. The van der Waals surface area contributed by atoms with Crippen LogP contribution in [-0.4, -0.2) is 34.7 Å². The van der Waals surface area contributed by atoms with E-state index in [0.717, 1.165) is 18.1 Å². The molecule has 0 amide bonds. The zero-order valence-corrected chi connectivity index (χ0v) is 11.4. The van der Waals surface area contributed by atoms with E-state index in [1.165, 1.54) is 10.4 Å². The van der Waals surface area contributed by atoms with Gasteiger partial charge in [-0.25, -0.2) is 4.98 Å². The molecule has 0 atom stereocenters. The van der Waals surface area contributed by atoms with E-state index in [1.54, 1.807) is 11.3 Å². The lowest BCUT2D eigenvalue weighted by Gasteiger charge is -2.16. The van der Waals surface area contributed by atoms with Gasteiger partial charge in [0.1, 0.15) is 5.01 Å². The molecule has 0 saturated heterocycles. The lowest BCUT2D eigenvalue weighted by atomic mass is 10.2. The van der Waals surface area contributed by atoms with Crippen molar-refractivity contribution in [3.8, 4) is 10.4 Å². The predicted molar refractivity (Wildman–Crippen MR) is 75.6 cm³/mol. The third-order valence-electron chi connectivity index (χ3n) is 2.83. The smallest absolute Gasteiger partial charge is 0.107 e. The van der Waals surface area contributed by atoms with Crippen molar-refractivity contribution in [1.29, 1.82) is 0 Å². The number of thiazole rings is 1. The van der Waals surface area contributed by atoms with E-state index < -0.39 is 0 Å². The Kier molecular flexibility index (Phi) is 4.87. The minimum absolute atomic E-state index is 0.199. The average molecular weight is 262 g/mol. The van der Waals surface area contributed by atoms with Crippen LogP contribution in [0, 0.1) is 0 Å². The molecule has 1 aromatic heterocycles. The van der Waals surface area contributed by atoms with Gasteiger partial charge >= 0.3 is 0 Å². The molecule has 2 rings (SSSR count). The number of hydrogen-bond donors (Lipinski definition) is 1. The van der Waals surface area contributed by atoms with Crippen molar-refractivity contribution < 1.29 is 5.11 Å². The van der Waals surface area contributed by atoms with Crippen LogP contribution < -0.4 is 0 Å². The number of benzene rings is 1. The number of hydrogen-bond acceptors (Lipinski definition) is 4. The molecule has 0 radical (unpaired) electrons. The fraction of sp³-hybridized carbons (Fsp3) is 0.357. The molecule has 0 aliphatic rings. The Morgan fingerprint density at radius 3 is 2.72 bits per heavy atom. The van der Waals surface area contributed by atoms with E-state index in [4.69, 9.17) is 5.11 Å². The summed E-state index contributed by atoms with van der Waals surface area (Å²) in [6.07, 6.45) is 1.93. The molecule has 0 spiro atoms. The van der Waals surface area contributed by atoms with Gasteiger partial charge in [-0.1, -0.05) is 37.3 Å². The second kappa shape index (κ2) is 6.64. The van der Waals surface area contributed by atoms with E-state index in [2.05, 4.69) is 28.9 Å². The van der Waals surface area contributed by atoms with Crippen molar-refractivity contribution in [1.82, 2.24) is 9.88 Å². The van der Waals surface area contributed by atoms with Crippen molar-refractivity contribution in [2.75, 3.05) is 19.7 Å². The standard InChI is InChI=1S/C14H18N2OS/c1-2-16(8-9-17)11-14-15-10-13(18-14)12-6-4-3-5-7-12/h3-7,10,17H,2,8-9,11H2,1H3. The third kappa shape index (κ3) is 3.38. The fourth-order valence-electron chi connectivity index (χ4n) is 1.80. The summed E-state index contributed by atoms with van der Waals surface area (Å²) in [5.74, 6) is 0. The molecule has 1 aromatic carbocycles. The maximum Gasteiger partial charge on any atom is 0.107 e. The SMILES string of the molecule is CCN(CCO)Cc1ncc(-c2ccccc2)s1. The van der Waals surface area contributed by atoms with Crippen molar-refractivity contribution >= 4 is 11.3 Å². The Morgan fingerprint density at radius 2 is 2.06 bits per heavy atom. The maximum absolute atomic E-state index is 8.97. The Labute approximate surface area is 112 Å². The van der Waals surface area contributed by atoms with E-state index >= 15 is 0 Å². The Balaban J connectivity index is 2.06. The summed E-state index contributed by atoms with van der Waals surface area (Å²) >= 11 is 1.72. The molecule has 0 bridgehead atoms. The van der Waals surface area contributed by atoms with Gasteiger partial charge in [-0.2, -0.15) is 0 Å². The molecule has 0 fully saturated rings. The predicted octanol–water partition coefficient (Wildman–Crippen LogP) is 2.62. The summed E-state index contributed by atoms with van der Waals surface area (Å²) in [5, 5.41) is 10.1. The van der Waals surface area contributed by atoms with Crippen LogP contribution in [0.1, 0.15) is 11.9 Å². The highest BCUT2D eigenvalue weighted by atomic mass is 32.1. The monoisotopic (exact) mass is 262 g/mol. The van der Waals surface area contributed by atoms with Gasteiger partial charge in [0.2, 0.25) is 0 Å². The first-order valence-corrected chi connectivity index (χ1v) is 6.98. The van der Waals surface area contributed by atoms with Crippen LogP contribution in [-0.2, 0) is 6.54 Å². The van der Waals surface area contributed by atoms with Gasteiger partial charge < -0.3 is 5.11 Å².